The van der Waals surface area contributed by atoms with Crippen LogP contribution in [0, 0.1) is 61.6 Å². The van der Waals surface area contributed by atoms with Crippen LogP contribution in [0.1, 0.15) is 106 Å². The lowest BCUT2D eigenvalue weighted by Gasteiger charge is -2.68. The van der Waals surface area contributed by atoms with E-state index in [0.29, 0.717) is 18.4 Å². The highest BCUT2D eigenvalue weighted by Gasteiger charge is 2.71. The van der Waals surface area contributed by atoms with Gasteiger partial charge in [-0.15, -0.1) is 0 Å². The van der Waals surface area contributed by atoms with E-state index in [-0.39, 0.29) is 57.2 Å². The highest BCUT2D eigenvalue weighted by Crippen LogP contribution is 2.74. The lowest BCUT2D eigenvalue weighted by Crippen LogP contribution is -2.66. The van der Waals surface area contributed by atoms with Gasteiger partial charge in [0.25, 0.3) is 0 Å². The second kappa shape index (κ2) is 8.46. The van der Waals surface area contributed by atoms with Gasteiger partial charge in [-0.25, -0.2) is 0 Å². The quantitative estimate of drug-likeness (QED) is 0.369. The van der Waals surface area contributed by atoms with E-state index in [2.05, 4.69) is 54.5 Å². The molecule has 6 heteroatoms. The van der Waals surface area contributed by atoms with Crippen LogP contribution in [-0.4, -0.2) is 35.7 Å². The number of aliphatic hydroxyl groups is 2. The van der Waals surface area contributed by atoms with Crippen molar-refractivity contribution >= 4 is 5.97 Å². The van der Waals surface area contributed by atoms with E-state index in [0.717, 1.165) is 44.9 Å². The van der Waals surface area contributed by atoms with Crippen LogP contribution < -0.4 is 0 Å². The number of allylic oxidation sites excluding steroid dienone is 2. The Hall–Kier alpha value is -1.58. The van der Waals surface area contributed by atoms with Crippen LogP contribution in [0.25, 0.3) is 0 Å². The Morgan fingerprint density at radius 1 is 1.00 bits per heavy atom. The van der Waals surface area contributed by atoms with Crippen molar-refractivity contribution in [1.82, 2.24) is 0 Å². The molecule has 0 amide bonds. The molecule has 3 unspecified atom stereocenters. The fraction of sp³-hybridized carbons (Fsp3) is 0.875. The number of carbonyl (C=O) groups excluding carboxylic acids is 1. The Morgan fingerprint density at radius 3 is 2.29 bits per heavy atom. The Balaban J connectivity index is 1.64. The molecular weight excluding hydrogens is 478 g/mol. The van der Waals surface area contributed by atoms with Gasteiger partial charge in [0.1, 0.15) is 5.76 Å². The lowest BCUT2D eigenvalue weighted by molar-refractivity contribution is -0.248. The van der Waals surface area contributed by atoms with Gasteiger partial charge in [-0.3, -0.25) is 4.79 Å². The number of nitrogens with zero attached hydrogens (tertiary/aromatic N) is 1. The maximum absolute atomic E-state index is 13.5. The van der Waals surface area contributed by atoms with E-state index < -0.39 is 17.1 Å². The molecule has 4 fully saturated rings. The predicted octanol–water partition coefficient (Wildman–Crippen LogP) is 6.68. The zero-order valence-electron chi connectivity index (χ0n) is 24.8. The first-order valence-corrected chi connectivity index (χ1v) is 14.8. The molecular formula is C32H49NO5. The number of hydrogen-bond donors (Lipinski definition) is 2. The van der Waals surface area contributed by atoms with Gasteiger partial charge in [0.05, 0.1) is 30.3 Å². The summed E-state index contributed by atoms with van der Waals surface area (Å²) in [5.74, 6) is 0.411. The molecule has 2 N–H and O–H groups in total. The van der Waals surface area contributed by atoms with Gasteiger partial charge in [-0.1, -0.05) is 48.5 Å². The van der Waals surface area contributed by atoms with Crippen molar-refractivity contribution in [1.29, 1.82) is 5.26 Å². The van der Waals surface area contributed by atoms with Gasteiger partial charge in [-0.05, 0) is 84.9 Å². The topological polar surface area (TPSA) is 99.8 Å². The van der Waals surface area contributed by atoms with E-state index in [9.17, 15) is 20.3 Å². The van der Waals surface area contributed by atoms with E-state index in [1.54, 1.807) is 0 Å². The summed E-state index contributed by atoms with van der Waals surface area (Å²) >= 11 is 0. The monoisotopic (exact) mass is 527 g/mol. The standard InChI is InChI=1S/C32H49NO5/c1-27(2)11-13-32(26(36)37-8)14-12-31(7)25(20(32)17-27)38-23(34)15-22-29(5)16-19(18-33)24(35)28(3,4)21(29)9-10-30(22,31)6/h20-23,25,34-35H,9-17H2,1-8H3/t20?,21-,22+,23?,25?,29-,30+,31+,32-/m0/s1. The summed E-state index contributed by atoms with van der Waals surface area (Å²) in [6.45, 7) is 15.8. The number of nitriles is 1. The smallest absolute Gasteiger partial charge is 0.312 e. The molecule has 0 aromatic carbocycles. The Labute approximate surface area is 229 Å². The van der Waals surface area contributed by atoms with Crippen LogP contribution >= 0.6 is 0 Å². The molecule has 6 nitrogen and oxygen atoms in total. The van der Waals surface area contributed by atoms with Crippen LogP contribution in [0.3, 0.4) is 0 Å². The highest BCUT2D eigenvalue weighted by molar-refractivity contribution is 5.77. The van der Waals surface area contributed by atoms with Crippen LogP contribution in [-0.2, 0) is 14.3 Å². The van der Waals surface area contributed by atoms with Gasteiger partial charge < -0.3 is 19.7 Å². The summed E-state index contributed by atoms with van der Waals surface area (Å²) in [6, 6.07) is 2.32. The number of hydrogen-bond acceptors (Lipinski definition) is 6. The number of rotatable bonds is 1. The maximum Gasteiger partial charge on any atom is 0.312 e. The van der Waals surface area contributed by atoms with Gasteiger partial charge in [0, 0.05) is 17.8 Å². The van der Waals surface area contributed by atoms with Crippen molar-refractivity contribution in [2.45, 2.75) is 119 Å². The molecule has 212 valence electrons. The van der Waals surface area contributed by atoms with Crippen LogP contribution in [0.15, 0.2) is 11.3 Å². The van der Waals surface area contributed by atoms with Crippen LogP contribution in [0.2, 0.25) is 0 Å². The third-order valence-corrected chi connectivity index (χ3v) is 13.2. The van der Waals surface area contributed by atoms with Gasteiger partial charge in [0.2, 0.25) is 0 Å². The first-order valence-electron chi connectivity index (χ1n) is 14.8. The number of ether oxygens (including phenoxy) is 2. The molecule has 0 aromatic rings. The Kier molecular flexibility index (Phi) is 6.23. The van der Waals surface area contributed by atoms with E-state index in [1.807, 2.05) is 0 Å². The van der Waals surface area contributed by atoms with Crippen molar-refractivity contribution in [3.8, 4) is 6.07 Å². The summed E-state index contributed by atoms with van der Waals surface area (Å²) in [5, 5.41) is 32.6. The number of fused-ring (bicyclic) bond motifs is 7. The second-order valence-corrected chi connectivity index (χ2v) is 15.7. The summed E-state index contributed by atoms with van der Waals surface area (Å²) in [6.07, 6.45) is 6.05. The minimum atomic E-state index is -0.937. The fourth-order valence-electron chi connectivity index (χ4n) is 10.9. The van der Waals surface area contributed by atoms with Gasteiger partial charge >= 0.3 is 5.97 Å². The minimum absolute atomic E-state index is 0.0189. The molecule has 5 rings (SSSR count). The molecule has 5 aliphatic rings. The summed E-state index contributed by atoms with van der Waals surface area (Å²) in [5.41, 5.74) is -1.17. The van der Waals surface area contributed by atoms with Crippen molar-refractivity contribution in [3.63, 3.8) is 0 Å². The lowest BCUT2D eigenvalue weighted by atomic mass is 9.36. The van der Waals surface area contributed by atoms with Crippen molar-refractivity contribution in [2.75, 3.05) is 7.11 Å². The third kappa shape index (κ3) is 3.46. The first-order chi connectivity index (χ1) is 17.5. The number of methoxy groups -OCH3 is 1. The summed E-state index contributed by atoms with van der Waals surface area (Å²) in [4.78, 5) is 13.5. The van der Waals surface area contributed by atoms with Crippen LogP contribution in [0.4, 0.5) is 0 Å². The minimum Gasteiger partial charge on any atom is -0.511 e. The third-order valence-electron chi connectivity index (χ3n) is 13.2. The Morgan fingerprint density at radius 2 is 1.66 bits per heavy atom. The van der Waals surface area contributed by atoms with Gasteiger partial charge in [0.15, 0.2) is 6.29 Å². The molecule has 3 saturated carbocycles. The summed E-state index contributed by atoms with van der Waals surface area (Å²) in [7, 11) is 1.50. The van der Waals surface area contributed by atoms with E-state index in [4.69, 9.17) is 9.47 Å². The van der Waals surface area contributed by atoms with Crippen molar-refractivity contribution in [3.05, 3.63) is 11.3 Å². The van der Waals surface area contributed by atoms with E-state index >= 15 is 0 Å². The van der Waals surface area contributed by atoms with Gasteiger partial charge in [-0.2, -0.15) is 5.26 Å². The molecule has 1 aliphatic heterocycles. The molecule has 0 radical (unpaired) electrons. The fourth-order valence-corrected chi connectivity index (χ4v) is 10.9. The zero-order chi connectivity index (χ0) is 28.1. The Bertz CT molecular complexity index is 1090. The summed E-state index contributed by atoms with van der Waals surface area (Å²) < 4.78 is 12.2. The van der Waals surface area contributed by atoms with Crippen molar-refractivity contribution in [2.24, 2.45) is 50.2 Å². The second-order valence-electron chi connectivity index (χ2n) is 15.7. The molecule has 1 saturated heterocycles. The molecule has 9 atom stereocenters. The SMILES string of the molecule is COC(=O)[C@]12CCC(C)(C)CC1C1OC(O)C[C@@H]3[C@@]4(C)CC(C#N)=C(O)C(C)(C)[C@@H]4CC[C@@]3(C)[C@]1(C)CC2. The predicted molar refractivity (Wildman–Crippen MR) is 145 cm³/mol. The molecule has 0 spiro atoms. The molecule has 38 heavy (non-hydrogen) atoms. The first kappa shape index (κ1) is 28.0. The maximum atomic E-state index is 13.5. The number of carbonyl (C=O) groups is 1. The average Bonchev–Trinajstić information content (AvgIpc) is 2.93. The molecule has 4 aliphatic carbocycles. The van der Waals surface area contributed by atoms with Crippen molar-refractivity contribution < 1.29 is 24.5 Å². The van der Waals surface area contributed by atoms with E-state index in [1.165, 1.54) is 7.11 Å². The molecule has 1 heterocycles. The molecule has 0 aromatic heterocycles. The molecule has 0 bridgehead atoms. The number of aliphatic hydroxyl groups excluding tert-OH is 2. The van der Waals surface area contributed by atoms with Crippen LogP contribution in [0.5, 0.6) is 0 Å². The zero-order valence-corrected chi connectivity index (χ0v) is 24.8. The number of esters is 1. The average molecular weight is 528 g/mol. The normalized spacial score (nSPS) is 49.3. The highest BCUT2D eigenvalue weighted by atomic mass is 16.6. The largest absolute Gasteiger partial charge is 0.511 e.